The number of ether oxygens (including phenoxy) is 1. The third-order valence-corrected chi connectivity index (χ3v) is 2.70. The Kier molecular flexibility index (Phi) is 3.61. The van der Waals surface area contributed by atoms with Crippen LogP contribution in [0, 0.1) is 0 Å². The summed E-state index contributed by atoms with van der Waals surface area (Å²) in [7, 11) is 0. The lowest BCUT2D eigenvalue weighted by atomic mass is 10.0. The number of halogens is 2. The van der Waals surface area contributed by atoms with Gasteiger partial charge < -0.3 is 10.1 Å². The molecule has 1 amide bonds. The molecule has 0 spiro atoms. The fourth-order valence-electron chi connectivity index (χ4n) is 1.89. The molecule has 6 heteroatoms. The molecule has 0 saturated carbocycles. The zero-order valence-corrected chi connectivity index (χ0v) is 9.29. The van der Waals surface area contributed by atoms with Crippen molar-refractivity contribution in [1.29, 1.82) is 0 Å². The van der Waals surface area contributed by atoms with Crippen LogP contribution >= 0.6 is 0 Å². The molecule has 1 N–H and O–H groups in total. The van der Waals surface area contributed by atoms with Crippen LogP contribution in [0.2, 0.25) is 0 Å². The van der Waals surface area contributed by atoms with Gasteiger partial charge in [-0.05, 0) is 24.5 Å². The van der Waals surface area contributed by atoms with E-state index in [2.05, 4.69) is 10.1 Å². The highest BCUT2D eigenvalue weighted by molar-refractivity contribution is 5.70. The van der Waals surface area contributed by atoms with Crippen LogP contribution in [0.1, 0.15) is 12.8 Å². The van der Waals surface area contributed by atoms with Gasteiger partial charge in [0.1, 0.15) is 0 Å². The number of nitrogens with zero attached hydrogens (tertiary/aromatic N) is 1. The number of alkyl halides is 2. The number of carbonyl (C=O) groups excluding carboxylic acids is 1. The van der Waals surface area contributed by atoms with Gasteiger partial charge in [-0.15, -0.1) is 0 Å². The Morgan fingerprint density at radius 3 is 3.18 bits per heavy atom. The Morgan fingerprint density at radius 1 is 1.59 bits per heavy atom. The van der Waals surface area contributed by atoms with Crippen molar-refractivity contribution >= 4 is 6.09 Å². The molecular weight excluding hydrogens is 230 g/mol. The first-order valence-corrected chi connectivity index (χ1v) is 5.52. The maximum atomic E-state index is 11.9. The SMILES string of the molecule is O=C(OCC(F)F)N1C=CC2=C(CCCN2)C1. The first-order valence-electron chi connectivity index (χ1n) is 5.52. The van der Waals surface area contributed by atoms with E-state index in [1.54, 1.807) is 12.3 Å². The lowest BCUT2D eigenvalue weighted by molar-refractivity contribution is 0.0380. The third-order valence-electron chi connectivity index (χ3n) is 2.70. The summed E-state index contributed by atoms with van der Waals surface area (Å²) in [5.41, 5.74) is 2.15. The van der Waals surface area contributed by atoms with Crippen LogP contribution in [0.5, 0.6) is 0 Å². The predicted octanol–water partition coefficient (Wildman–Crippen LogP) is 1.85. The summed E-state index contributed by atoms with van der Waals surface area (Å²) in [6.45, 7) is 0.493. The van der Waals surface area contributed by atoms with Crippen LogP contribution in [-0.4, -0.2) is 37.1 Å². The van der Waals surface area contributed by atoms with Gasteiger partial charge in [-0.1, -0.05) is 0 Å². The molecule has 0 aromatic heterocycles. The van der Waals surface area contributed by atoms with Gasteiger partial charge in [0, 0.05) is 18.4 Å². The number of allylic oxidation sites excluding steroid dienone is 1. The van der Waals surface area contributed by atoms with Gasteiger partial charge in [0.25, 0.3) is 6.43 Å². The van der Waals surface area contributed by atoms with Crippen LogP contribution in [0.3, 0.4) is 0 Å². The van der Waals surface area contributed by atoms with Crippen LogP contribution < -0.4 is 5.32 Å². The maximum Gasteiger partial charge on any atom is 0.414 e. The maximum absolute atomic E-state index is 11.9. The largest absolute Gasteiger partial charge is 0.443 e. The predicted molar refractivity (Wildman–Crippen MR) is 57.5 cm³/mol. The number of hydrogen-bond donors (Lipinski definition) is 1. The minimum Gasteiger partial charge on any atom is -0.443 e. The second kappa shape index (κ2) is 5.16. The Morgan fingerprint density at radius 2 is 2.41 bits per heavy atom. The quantitative estimate of drug-likeness (QED) is 0.806. The average molecular weight is 244 g/mol. The smallest absolute Gasteiger partial charge is 0.414 e. The highest BCUT2D eigenvalue weighted by atomic mass is 19.3. The molecule has 0 atom stereocenters. The van der Waals surface area contributed by atoms with E-state index in [1.807, 2.05) is 0 Å². The number of hydrogen-bond acceptors (Lipinski definition) is 3. The van der Waals surface area contributed by atoms with E-state index >= 15 is 0 Å². The van der Waals surface area contributed by atoms with Crippen LogP contribution in [0.4, 0.5) is 13.6 Å². The van der Waals surface area contributed by atoms with E-state index in [4.69, 9.17) is 0 Å². The molecule has 0 bridgehead atoms. The number of amides is 1. The topological polar surface area (TPSA) is 41.6 Å². The van der Waals surface area contributed by atoms with E-state index in [0.29, 0.717) is 6.54 Å². The standard InChI is InChI=1S/C11H14F2N2O2/c12-10(13)7-17-11(16)15-5-3-9-8(6-15)2-1-4-14-9/h3,5,10,14H,1-2,4,6-7H2. The molecule has 0 aromatic carbocycles. The zero-order valence-electron chi connectivity index (χ0n) is 9.29. The summed E-state index contributed by atoms with van der Waals surface area (Å²) < 4.78 is 28.3. The summed E-state index contributed by atoms with van der Waals surface area (Å²) in [5, 5.41) is 3.22. The number of nitrogens with one attached hydrogen (secondary N) is 1. The van der Waals surface area contributed by atoms with Crippen molar-refractivity contribution in [2.75, 3.05) is 19.7 Å². The Balaban J connectivity index is 1.91. The van der Waals surface area contributed by atoms with Crippen molar-refractivity contribution in [2.45, 2.75) is 19.3 Å². The van der Waals surface area contributed by atoms with Crippen molar-refractivity contribution in [1.82, 2.24) is 10.2 Å². The highest BCUT2D eigenvalue weighted by Crippen LogP contribution is 2.21. The summed E-state index contributed by atoms with van der Waals surface area (Å²) in [5.74, 6) is 0. The van der Waals surface area contributed by atoms with Gasteiger partial charge >= 0.3 is 6.09 Å². The highest BCUT2D eigenvalue weighted by Gasteiger charge is 2.22. The van der Waals surface area contributed by atoms with Gasteiger partial charge in [-0.2, -0.15) is 0 Å². The molecule has 2 heterocycles. The van der Waals surface area contributed by atoms with Crippen molar-refractivity contribution in [3.05, 3.63) is 23.5 Å². The molecule has 4 nitrogen and oxygen atoms in total. The van der Waals surface area contributed by atoms with Crippen molar-refractivity contribution in [2.24, 2.45) is 0 Å². The lowest BCUT2D eigenvalue weighted by Gasteiger charge is -2.28. The monoisotopic (exact) mass is 244 g/mol. The fraction of sp³-hybridized carbons (Fsp3) is 0.545. The molecule has 0 fully saturated rings. The fourth-order valence-corrected chi connectivity index (χ4v) is 1.89. The van der Waals surface area contributed by atoms with Crippen LogP contribution in [0.25, 0.3) is 0 Å². The van der Waals surface area contributed by atoms with Crippen LogP contribution in [0.15, 0.2) is 23.5 Å². The Bertz CT molecular complexity index is 366. The molecule has 2 aliphatic heterocycles. The molecule has 94 valence electrons. The molecule has 0 unspecified atom stereocenters. The van der Waals surface area contributed by atoms with Crippen molar-refractivity contribution < 1.29 is 18.3 Å². The lowest BCUT2D eigenvalue weighted by Crippen LogP contribution is -2.35. The molecule has 0 aliphatic carbocycles. The molecule has 0 aromatic rings. The molecular formula is C11H14F2N2O2. The first kappa shape index (κ1) is 11.9. The summed E-state index contributed by atoms with van der Waals surface area (Å²) in [6, 6.07) is 0. The van der Waals surface area contributed by atoms with Gasteiger partial charge in [-0.3, -0.25) is 4.90 Å². The van der Waals surface area contributed by atoms with E-state index in [0.717, 1.165) is 30.7 Å². The minimum atomic E-state index is -2.63. The second-order valence-corrected chi connectivity index (χ2v) is 3.96. The average Bonchev–Trinajstić information content (AvgIpc) is 2.35. The van der Waals surface area contributed by atoms with E-state index in [1.165, 1.54) is 4.90 Å². The van der Waals surface area contributed by atoms with Gasteiger partial charge in [-0.25, -0.2) is 13.6 Å². The van der Waals surface area contributed by atoms with Crippen LogP contribution in [-0.2, 0) is 4.74 Å². The molecule has 0 saturated heterocycles. The Hall–Kier alpha value is -1.59. The number of carbonyl (C=O) groups is 1. The first-order chi connectivity index (χ1) is 8.16. The second-order valence-electron chi connectivity index (χ2n) is 3.96. The van der Waals surface area contributed by atoms with Gasteiger partial charge in [0.2, 0.25) is 0 Å². The molecule has 2 rings (SSSR count). The molecule has 0 radical (unpaired) electrons. The third kappa shape index (κ3) is 2.95. The molecule has 2 aliphatic rings. The van der Waals surface area contributed by atoms with Crippen molar-refractivity contribution in [3.8, 4) is 0 Å². The van der Waals surface area contributed by atoms with Gasteiger partial charge in [0.15, 0.2) is 6.61 Å². The van der Waals surface area contributed by atoms with Crippen molar-refractivity contribution in [3.63, 3.8) is 0 Å². The number of rotatable bonds is 2. The van der Waals surface area contributed by atoms with E-state index in [-0.39, 0.29) is 0 Å². The summed E-state index contributed by atoms with van der Waals surface area (Å²) in [4.78, 5) is 12.8. The van der Waals surface area contributed by atoms with E-state index < -0.39 is 19.1 Å². The zero-order chi connectivity index (χ0) is 12.3. The minimum absolute atomic E-state index is 0.418. The van der Waals surface area contributed by atoms with E-state index in [9.17, 15) is 13.6 Å². The normalized spacial score (nSPS) is 19.1. The summed E-state index contributed by atoms with van der Waals surface area (Å²) in [6.07, 6.45) is 1.93. The molecule has 17 heavy (non-hydrogen) atoms. The Labute approximate surface area is 97.9 Å². The summed E-state index contributed by atoms with van der Waals surface area (Å²) >= 11 is 0. The van der Waals surface area contributed by atoms with Gasteiger partial charge in [0.05, 0.1) is 6.54 Å².